The summed E-state index contributed by atoms with van der Waals surface area (Å²) in [6.07, 6.45) is 0. The van der Waals surface area contributed by atoms with Crippen molar-refractivity contribution in [3.8, 4) is 0 Å². The van der Waals surface area contributed by atoms with Gasteiger partial charge in [0.05, 0.1) is 12.2 Å². The lowest BCUT2D eigenvalue weighted by atomic mass is 10.3. The Morgan fingerprint density at radius 1 is 1.19 bits per heavy atom. The van der Waals surface area contributed by atoms with E-state index in [2.05, 4.69) is 32.3 Å². The molecule has 2 nitrogen and oxygen atoms in total. The van der Waals surface area contributed by atoms with Crippen LogP contribution in [0.3, 0.4) is 0 Å². The molecule has 1 heterocycles. The molecule has 0 aliphatic heterocycles. The van der Waals surface area contributed by atoms with Gasteiger partial charge in [0, 0.05) is 15.9 Å². The topological polar surface area (TPSA) is 24.9 Å². The summed E-state index contributed by atoms with van der Waals surface area (Å²) in [4.78, 5) is 4.44. The molecule has 0 atom stereocenters. The summed E-state index contributed by atoms with van der Waals surface area (Å²) in [5.41, 5.74) is 3.20. The van der Waals surface area contributed by atoms with Gasteiger partial charge in [0.25, 0.3) is 0 Å². The third-order valence-electron chi connectivity index (χ3n) is 2.24. The summed E-state index contributed by atoms with van der Waals surface area (Å²) < 4.78 is 1.08. The van der Waals surface area contributed by atoms with Gasteiger partial charge < -0.3 is 5.32 Å². The fourth-order valence-electron chi connectivity index (χ4n) is 1.49. The van der Waals surface area contributed by atoms with E-state index in [1.165, 1.54) is 0 Å². The SMILES string of the molecule is Cc1cccc(CNc2cccc(Br)c2)n1. The maximum atomic E-state index is 4.44. The molecular formula is C13H13BrN2. The van der Waals surface area contributed by atoms with Gasteiger partial charge in [-0.1, -0.05) is 28.1 Å². The molecule has 0 fully saturated rings. The number of halogens is 1. The monoisotopic (exact) mass is 276 g/mol. The molecule has 1 N–H and O–H groups in total. The average Bonchev–Trinajstić information content (AvgIpc) is 2.27. The first-order valence-corrected chi connectivity index (χ1v) is 5.95. The van der Waals surface area contributed by atoms with Crippen molar-refractivity contribution in [3.63, 3.8) is 0 Å². The largest absolute Gasteiger partial charge is 0.379 e. The molecule has 2 aromatic rings. The number of hydrogen-bond donors (Lipinski definition) is 1. The van der Waals surface area contributed by atoms with Crippen LogP contribution in [0.15, 0.2) is 46.9 Å². The van der Waals surface area contributed by atoms with Crippen molar-refractivity contribution in [2.75, 3.05) is 5.32 Å². The van der Waals surface area contributed by atoms with Crippen molar-refractivity contribution in [1.29, 1.82) is 0 Å². The number of anilines is 1. The second-order valence-corrected chi connectivity index (χ2v) is 4.55. The molecular weight excluding hydrogens is 264 g/mol. The van der Waals surface area contributed by atoms with Gasteiger partial charge in [0.1, 0.15) is 0 Å². The summed E-state index contributed by atoms with van der Waals surface area (Å²) in [6, 6.07) is 14.2. The Balaban J connectivity index is 2.02. The summed E-state index contributed by atoms with van der Waals surface area (Å²) >= 11 is 3.44. The Labute approximate surface area is 104 Å². The summed E-state index contributed by atoms with van der Waals surface area (Å²) in [5, 5.41) is 3.34. The van der Waals surface area contributed by atoms with Crippen LogP contribution < -0.4 is 5.32 Å². The van der Waals surface area contributed by atoms with Gasteiger partial charge in [-0.25, -0.2) is 0 Å². The van der Waals surface area contributed by atoms with E-state index in [9.17, 15) is 0 Å². The number of pyridine rings is 1. The first-order valence-electron chi connectivity index (χ1n) is 5.16. The van der Waals surface area contributed by atoms with Crippen molar-refractivity contribution in [2.45, 2.75) is 13.5 Å². The van der Waals surface area contributed by atoms with Crippen LogP contribution in [-0.2, 0) is 6.54 Å². The van der Waals surface area contributed by atoms with Gasteiger partial charge in [-0.2, -0.15) is 0 Å². The number of nitrogens with one attached hydrogen (secondary N) is 1. The third kappa shape index (κ3) is 3.07. The average molecular weight is 277 g/mol. The Hall–Kier alpha value is -1.35. The van der Waals surface area contributed by atoms with Crippen molar-refractivity contribution < 1.29 is 0 Å². The van der Waals surface area contributed by atoms with Crippen LogP contribution in [0.5, 0.6) is 0 Å². The highest BCUT2D eigenvalue weighted by atomic mass is 79.9. The smallest absolute Gasteiger partial charge is 0.0597 e. The van der Waals surface area contributed by atoms with Crippen LogP contribution in [0.4, 0.5) is 5.69 Å². The Bertz CT molecular complexity index is 437. The van der Waals surface area contributed by atoms with E-state index in [4.69, 9.17) is 0 Å². The molecule has 3 heteroatoms. The number of nitrogens with zero attached hydrogens (tertiary/aromatic N) is 1. The predicted octanol–water partition coefficient (Wildman–Crippen LogP) is 3.76. The fraction of sp³-hybridized carbons (Fsp3) is 0.154. The number of aromatic nitrogens is 1. The third-order valence-corrected chi connectivity index (χ3v) is 2.74. The van der Waals surface area contributed by atoms with Gasteiger partial charge in [-0.05, 0) is 37.3 Å². The van der Waals surface area contributed by atoms with E-state index in [-0.39, 0.29) is 0 Å². The number of benzene rings is 1. The Kier molecular flexibility index (Phi) is 3.57. The van der Waals surface area contributed by atoms with Gasteiger partial charge in [0.2, 0.25) is 0 Å². The number of rotatable bonds is 3. The zero-order chi connectivity index (χ0) is 11.4. The van der Waals surface area contributed by atoms with Crippen LogP contribution in [0, 0.1) is 6.92 Å². The highest BCUT2D eigenvalue weighted by Crippen LogP contribution is 2.16. The molecule has 0 amide bonds. The van der Waals surface area contributed by atoms with E-state index in [1.54, 1.807) is 0 Å². The normalized spacial score (nSPS) is 10.1. The van der Waals surface area contributed by atoms with Gasteiger partial charge >= 0.3 is 0 Å². The van der Waals surface area contributed by atoms with Crippen LogP contribution in [-0.4, -0.2) is 4.98 Å². The zero-order valence-electron chi connectivity index (χ0n) is 9.07. The quantitative estimate of drug-likeness (QED) is 0.923. The van der Waals surface area contributed by atoms with Gasteiger partial charge in [-0.3, -0.25) is 4.98 Å². The summed E-state index contributed by atoms with van der Waals surface area (Å²) in [7, 11) is 0. The molecule has 0 bridgehead atoms. The second-order valence-electron chi connectivity index (χ2n) is 3.63. The first-order chi connectivity index (χ1) is 7.74. The van der Waals surface area contributed by atoms with E-state index < -0.39 is 0 Å². The summed E-state index contributed by atoms with van der Waals surface area (Å²) in [5.74, 6) is 0. The maximum Gasteiger partial charge on any atom is 0.0597 e. The van der Waals surface area contributed by atoms with Crippen LogP contribution >= 0.6 is 15.9 Å². The van der Waals surface area contributed by atoms with E-state index in [1.807, 2.05) is 43.3 Å². The molecule has 2 rings (SSSR count). The lowest BCUT2D eigenvalue weighted by Crippen LogP contribution is -2.01. The minimum absolute atomic E-state index is 0.748. The molecule has 0 spiro atoms. The molecule has 0 saturated heterocycles. The van der Waals surface area contributed by atoms with Crippen LogP contribution in [0.2, 0.25) is 0 Å². The Morgan fingerprint density at radius 3 is 2.75 bits per heavy atom. The highest BCUT2D eigenvalue weighted by molar-refractivity contribution is 9.10. The first kappa shape index (κ1) is 11.1. The number of hydrogen-bond acceptors (Lipinski definition) is 2. The molecule has 0 aliphatic rings. The predicted molar refractivity (Wildman–Crippen MR) is 70.4 cm³/mol. The lowest BCUT2D eigenvalue weighted by molar-refractivity contribution is 1.01. The van der Waals surface area contributed by atoms with Gasteiger partial charge in [0.15, 0.2) is 0 Å². The van der Waals surface area contributed by atoms with E-state index in [0.717, 1.165) is 28.1 Å². The van der Waals surface area contributed by atoms with Crippen LogP contribution in [0.25, 0.3) is 0 Å². The van der Waals surface area contributed by atoms with E-state index >= 15 is 0 Å². The van der Waals surface area contributed by atoms with E-state index in [0.29, 0.717) is 0 Å². The van der Waals surface area contributed by atoms with Crippen LogP contribution in [0.1, 0.15) is 11.4 Å². The second kappa shape index (κ2) is 5.12. The van der Waals surface area contributed by atoms with Crippen molar-refractivity contribution >= 4 is 21.6 Å². The molecule has 1 aromatic heterocycles. The molecule has 0 saturated carbocycles. The number of aryl methyl sites for hydroxylation is 1. The molecule has 0 aliphatic carbocycles. The standard InChI is InChI=1S/C13H13BrN2/c1-10-4-2-7-13(16-10)9-15-12-6-3-5-11(14)8-12/h2-8,15H,9H2,1H3. The lowest BCUT2D eigenvalue weighted by Gasteiger charge is -2.06. The molecule has 82 valence electrons. The van der Waals surface area contributed by atoms with Crippen molar-refractivity contribution in [2.24, 2.45) is 0 Å². The molecule has 16 heavy (non-hydrogen) atoms. The molecule has 0 radical (unpaired) electrons. The maximum absolute atomic E-state index is 4.44. The minimum atomic E-state index is 0.748. The van der Waals surface area contributed by atoms with Crippen molar-refractivity contribution in [3.05, 3.63) is 58.3 Å². The highest BCUT2D eigenvalue weighted by Gasteiger charge is 1.96. The summed E-state index contributed by atoms with van der Waals surface area (Å²) in [6.45, 7) is 2.75. The van der Waals surface area contributed by atoms with Crippen molar-refractivity contribution in [1.82, 2.24) is 4.98 Å². The molecule has 0 unspecified atom stereocenters. The Morgan fingerprint density at radius 2 is 2.00 bits per heavy atom. The zero-order valence-corrected chi connectivity index (χ0v) is 10.7. The molecule has 1 aromatic carbocycles. The minimum Gasteiger partial charge on any atom is -0.379 e. The van der Waals surface area contributed by atoms with Gasteiger partial charge in [-0.15, -0.1) is 0 Å². The fourth-order valence-corrected chi connectivity index (χ4v) is 1.89.